The number of hydrogen-bond donors (Lipinski definition) is 0. The molecular weight excluding hydrogens is 301 g/mol. The third-order valence-corrected chi connectivity index (χ3v) is 4.08. The van der Waals surface area contributed by atoms with Gasteiger partial charge in [0.15, 0.2) is 5.79 Å². The molecule has 1 aromatic carbocycles. The second-order valence-corrected chi connectivity index (χ2v) is 5.61. The van der Waals surface area contributed by atoms with Crippen LogP contribution in [0.1, 0.15) is 12.8 Å². The van der Waals surface area contributed by atoms with Crippen molar-refractivity contribution < 1.29 is 13.9 Å². The predicted molar refractivity (Wildman–Crippen MR) is 70.2 cm³/mol. The molecule has 2 aliphatic heterocycles. The van der Waals surface area contributed by atoms with Crippen LogP contribution in [0.2, 0.25) is 0 Å². The summed E-state index contributed by atoms with van der Waals surface area (Å²) in [6.07, 6.45) is 1.59. The van der Waals surface area contributed by atoms with Crippen LogP contribution in [0.3, 0.4) is 0 Å². The predicted octanol–water partition coefficient (Wildman–Crippen LogP) is 2.93. The van der Waals surface area contributed by atoms with Gasteiger partial charge in [-0.25, -0.2) is 4.39 Å². The summed E-state index contributed by atoms with van der Waals surface area (Å²) in [6, 6.07) is 5.18. The fourth-order valence-electron chi connectivity index (χ4n) is 2.61. The van der Waals surface area contributed by atoms with Gasteiger partial charge in [-0.15, -0.1) is 0 Å². The molecule has 0 aromatic heterocycles. The van der Waals surface area contributed by atoms with Gasteiger partial charge in [0.2, 0.25) is 0 Å². The Bertz CT molecular complexity index is 439. The van der Waals surface area contributed by atoms with Gasteiger partial charge in [0, 0.05) is 30.4 Å². The first kappa shape index (κ1) is 12.4. The minimum Gasteiger partial charge on any atom is -0.369 e. The van der Waals surface area contributed by atoms with Gasteiger partial charge in [0.1, 0.15) is 5.82 Å². The fraction of sp³-hybridized carbons (Fsp3) is 0.538. The zero-order valence-corrected chi connectivity index (χ0v) is 11.6. The molecule has 3 nitrogen and oxygen atoms in total. The average Bonchev–Trinajstić information content (AvgIpc) is 2.80. The lowest BCUT2D eigenvalue weighted by molar-refractivity contribution is -0.169. The van der Waals surface area contributed by atoms with Crippen LogP contribution in [0.5, 0.6) is 0 Å². The second kappa shape index (κ2) is 4.79. The molecule has 2 fully saturated rings. The van der Waals surface area contributed by atoms with Gasteiger partial charge in [0.25, 0.3) is 0 Å². The number of nitrogens with zero attached hydrogens (tertiary/aromatic N) is 1. The first-order valence-corrected chi connectivity index (χ1v) is 6.96. The van der Waals surface area contributed by atoms with Crippen molar-refractivity contribution in [3.63, 3.8) is 0 Å². The molecule has 2 aliphatic rings. The maximum absolute atomic E-state index is 13.9. The molecule has 1 spiro atoms. The van der Waals surface area contributed by atoms with E-state index in [1.165, 1.54) is 6.07 Å². The molecule has 5 heteroatoms. The molecule has 0 amide bonds. The van der Waals surface area contributed by atoms with E-state index in [2.05, 4.69) is 20.8 Å². The largest absolute Gasteiger partial charge is 0.369 e. The Morgan fingerprint density at radius 3 is 2.44 bits per heavy atom. The highest BCUT2D eigenvalue weighted by molar-refractivity contribution is 9.10. The van der Waals surface area contributed by atoms with Gasteiger partial charge in [0.05, 0.1) is 18.9 Å². The summed E-state index contributed by atoms with van der Waals surface area (Å²) in [7, 11) is 0. The number of anilines is 1. The zero-order chi connectivity index (χ0) is 12.6. The second-order valence-electron chi connectivity index (χ2n) is 4.69. The summed E-state index contributed by atoms with van der Waals surface area (Å²) in [5.74, 6) is -0.587. The van der Waals surface area contributed by atoms with Crippen LogP contribution >= 0.6 is 15.9 Å². The van der Waals surface area contributed by atoms with Crippen molar-refractivity contribution in [2.45, 2.75) is 18.6 Å². The van der Waals surface area contributed by atoms with Gasteiger partial charge >= 0.3 is 0 Å². The normalized spacial score (nSPS) is 22.7. The summed E-state index contributed by atoms with van der Waals surface area (Å²) in [5.41, 5.74) is 0.658. The monoisotopic (exact) mass is 315 g/mol. The minimum atomic E-state index is -0.400. The van der Waals surface area contributed by atoms with Crippen LogP contribution in [0.4, 0.5) is 10.1 Å². The van der Waals surface area contributed by atoms with Gasteiger partial charge in [-0.3, -0.25) is 0 Å². The van der Waals surface area contributed by atoms with Gasteiger partial charge in [-0.2, -0.15) is 0 Å². The highest BCUT2D eigenvalue weighted by Crippen LogP contribution is 2.34. The molecule has 0 radical (unpaired) electrons. The molecule has 98 valence electrons. The van der Waals surface area contributed by atoms with Crippen molar-refractivity contribution >= 4 is 21.6 Å². The van der Waals surface area contributed by atoms with Crippen molar-refractivity contribution in [1.82, 2.24) is 0 Å². The lowest BCUT2D eigenvalue weighted by Gasteiger charge is -2.38. The molecule has 0 unspecified atom stereocenters. The Morgan fingerprint density at radius 2 is 1.83 bits per heavy atom. The summed E-state index contributed by atoms with van der Waals surface area (Å²) in [5, 5.41) is 0. The number of ether oxygens (including phenoxy) is 2. The van der Waals surface area contributed by atoms with Crippen molar-refractivity contribution in [1.29, 1.82) is 0 Å². The quantitative estimate of drug-likeness (QED) is 0.795. The van der Waals surface area contributed by atoms with E-state index in [0.29, 0.717) is 18.9 Å². The molecule has 18 heavy (non-hydrogen) atoms. The molecule has 3 rings (SSSR count). The van der Waals surface area contributed by atoms with E-state index in [1.54, 1.807) is 0 Å². The lowest BCUT2D eigenvalue weighted by atomic mass is 10.0. The van der Waals surface area contributed by atoms with Crippen molar-refractivity contribution in [2.24, 2.45) is 0 Å². The van der Waals surface area contributed by atoms with Crippen molar-refractivity contribution in [3.8, 4) is 0 Å². The van der Waals surface area contributed by atoms with E-state index in [4.69, 9.17) is 9.47 Å². The van der Waals surface area contributed by atoms with E-state index in [1.807, 2.05) is 12.1 Å². The number of hydrogen-bond acceptors (Lipinski definition) is 3. The van der Waals surface area contributed by atoms with Crippen LogP contribution in [0.25, 0.3) is 0 Å². The van der Waals surface area contributed by atoms with Gasteiger partial charge in [-0.05, 0) is 18.2 Å². The molecule has 2 heterocycles. The first-order valence-electron chi connectivity index (χ1n) is 6.16. The lowest BCUT2D eigenvalue weighted by Crippen LogP contribution is -2.45. The molecule has 2 saturated heterocycles. The maximum Gasteiger partial charge on any atom is 0.171 e. The third-order valence-electron chi connectivity index (χ3n) is 3.59. The SMILES string of the molecule is Fc1cc(Br)ccc1N1CCC2(CC1)OCCO2. The number of rotatable bonds is 1. The number of piperidine rings is 1. The molecular formula is C13H15BrFNO2. The summed E-state index contributed by atoms with van der Waals surface area (Å²) in [4.78, 5) is 2.05. The minimum absolute atomic E-state index is 0.186. The molecule has 0 N–H and O–H groups in total. The van der Waals surface area contributed by atoms with Gasteiger partial charge in [-0.1, -0.05) is 15.9 Å². The smallest absolute Gasteiger partial charge is 0.171 e. The maximum atomic E-state index is 13.9. The molecule has 1 aromatic rings. The standard InChI is InChI=1S/C13H15BrFNO2/c14-10-1-2-12(11(15)9-10)16-5-3-13(4-6-16)17-7-8-18-13/h1-2,9H,3-8H2. The summed E-state index contributed by atoms with van der Waals surface area (Å²) >= 11 is 3.27. The topological polar surface area (TPSA) is 21.7 Å². The van der Waals surface area contributed by atoms with Crippen LogP contribution in [-0.4, -0.2) is 32.1 Å². The van der Waals surface area contributed by atoms with E-state index in [9.17, 15) is 4.39 Å². The third kappa shape index (κ3) is 2.27. The first-order chi connectivity index (χ1) is 8.69. The van der Waals surface area contributed by atoms with E-state index >= 15 is 0 Å². The van der Waals surface area contributed by atoms with E-state index in [-0.39, 0.29) is 5.82 Å². The Morgan fingerprint density at radius 1 is 1.17 bits per heavy atom. The summed E-state index contributed by atoms with van der Waals surface area (Å²) in [6.45, 7) is 2.87. The van der Waals surface area contributed by atoms with Crippen LogP contribution in [0.15, 0.2) is 22.7 Å². The molecule has 0 atom stereocenters. The summed E-state index contributed by atoms with van der Waals surface area (Å²) < 4.78 is 26.0. The van der Waals surface area contributed by atoms with Crippen molar-refractivity contribution in [3.05, 3.63) is 28.5 Å². The molecule has 0 bridgehead atoms. The average molecular weight is 316 g/mol. The molecule has 0 aliphatic carbocycles. The fourth-order valence-corrected chi connectivity index (χ4v) is 2.94. The van der Waals surface area contributed by atoms with Crippen LogP contribution in [0, 0.1) is 5.82 Å². The Kier molecular flexibility index (Phi) is 3.30. The Balaban J connectivity index is 1.72. The van der Waals surface area contributed by atoms with E-state index < -0.39 is 5.79 Å². The number of halogens is 2. The van der Waals surface area contributed by atoms with Crippen LogP contribution < -0.4 is 4.90 Å². The van der Waals surface area contributed by atoms with Gasteiger partial charge < -0.3 is 14.4 Å². The highest BCUT2D eigenvalue weighted by atomic mass is 79.9. The van der Waals surface area contributed by atoms with Crippen molar-refractivity contribution in [2.75, 3.05) is 31.2 Å². The Hall–Kier alpha value is -0.650. The Labute approximate surface area is 114 Å². The zero-order valence-electron chi connectivity index (χ0n) is 9.99. The highest BCUT2D eigenvalue weighted by Gasteiger charge is 2.40. The molecule has 0 saturated carbocycles. The number of benzene rings is 1. The van der Waals surface area contributed by atoms with E-state index in [0.717, 1.165) is 30.4 Å². The van der Waals surface area contributed by atoms with Crippen LogP contribution in [-0.2, 0) is 9.47 Å².